The van der Waals surface area contributed by atoms with Crippen molar-refractivity contribution in [1.29, 1.82) is 0 Å². The number of rotatable bonds is 7. The fourth-order valence-corrected chi connectivity index (χ4v) is 1.36. The number of carbonyl (C=O) groups is 3. The molecule has 0 rings (SSSR count). The molecular weight excluding hydrogens is 250 g/mol. The van der Waals surface area contributed by atoms with Gasteiger partial charge >= 0.3 is 5.97 Å². The summed E-state index contributed by atoms with van der Waals surface area (Å²) < 4.78 is 0. The molecule has 0 aromatic carbocycles. The highest BCUT2D eigenvalue weighted by atomic mass is 16.4. The lowest BCUT2D eigenvalue weighted by molar-refractivity contribution is -0.138. The molecule has 7 nitrogen and oxygen atoms in total. The van der Waals surface area contributed by atoms with Crippen LogP contribution in [0, 0.1) is 11.8 Å². The Morgan fingerprint density at radius 1 is 1.05 bits per heavy atom. The number of carbonyl (C=O) groups excluding carboxylic acids is 2. The summed E-state index contributed by atoms with van der Waals surface area (Å²) in [6.45, 7) is 6.64. The summed E-state index contributed by atoms with van der Waals surface area (Å²) in [6, 6.07) is -1.50. The molecule has 0 saturated carbocycles. The molecule has 0 fully saturated rings. The van der Waals surface area contributed by atoms with Gasteiger partial charge in [0.05, 0.1) is 6.04 Å². The van der Waals surface area contributed by atoms with E-state index in [-0.39, 0.29) is 11.8 Å². The minimum Gasteiger partial charge on any atom is -0.480 e. The number of hydrogen-bond donors (Lipinski definition) is 4. The fourth-order valence-electron chi connectivity index (χ4n) is 1.36. The van der Waals surface area contributed by atoms with Crippen LogP contribution in [-0.4, -0.2) is 41.5 Å². The van der Waals surface area contributed by atoms with Crippen LogP contribution in [0.3, 0.4) is 0 Å². The van der Waals surface area contributed by atoms with Crippen LogP contribution in [0.15, 0.2) is 0 Å². The monoisotopic (exact) mass is 273 g/mol. The summed E-state index contributed by atoms with van der Waals surface area (Å²) in [5.74, 6) is -2.30. The quantitative estimate of drug-likeness (QED) is 0.489. The van der Waals surface area contributed by atoms with Crippen molar-refractivity contribution in [2.24, 2.45) is 17.6 Å². The van der Waals surface area contributed by atoms with E-state index in [1.54, 1.807) is 27.7 Å². The second-order valence-electron chi connectivity index (χ2n) is 5.11. The van der Waals surface area contributed by atoms with E-state index in [4.69, 9.17) is 10.8 Å². The maximum Gasteiger partial charge on any atom is 0.322 e. The van der Waals surface area contributed by atoms with Crippen LogP contribution in [0.2, 0.25) is 0 Å². The predicted octanol–water partition coefficient (Wildman–Crippen LogP) is -0.689. The van der Waals surface area contributed by atoms with E-state index in [1.807, 2.05) is 0 Å². The Kier molecular flexibility index (Phi) is 7.06. The summed E-state index contributed by atoms with van der Waals surface area (Å²) in [4.78, 5) is 34.0. The molecule has 2 amide bonds. The van der Waals surface area contributed by atoms with Gasteiger partial charge in [0.2, 0.25) is 11.8 Å². The summed E-state index contributed by atoms with van der Waals surface area (Å²) >= 11 is 0. The van der Waals surface area contributed by atoms with E-state index in [1.165, 1.54) is 0 Å². The van der Waals surface area contributed by atoms with E-state index in [2.05, 4.69) is 10.6 Å². The molecule has 0 aromatic rings. The zero-order valence-corrected chi connectivity index (χ0v) is 11.8. The van der Waals surface area contributed by atoms with Gasteiger partial charge in [-0.15, -0.1) is 0 Å². The molecule has 0 aliphatic rings. The Morgan fingerprint density at radius 2 is 1.58 bits per heavy atom. The summed E-state index contributed by atoms with van der Waals surface area (Å²) in [6.07, 6.45) is 0. The molecule has 0 aromatic heterocycles. The lowest BCUT2D eigenvalue weighted by Crippen LogP contribution is -2.55. The molecule has 0 aliphatic heterocycles. The Bertz CT molecular complexity index is 342. The second-order valence-corrected chi connectivity index (χ2v) is 5.11. The van der Waals surface area contributed by atoms with E-state index in [0.717, 1.165) is 0 Å². The zero-order chi connectivity index (χ0) is 15.2. The highest BCUT2D eigenvalue weighted by molar-refractivity contribution is 5.91. The first-order valence-electron chi connectivity index (χ1n) is 6.22. The molecule has 0 spiro atoms. The Morgan fingerprint density at radius 3 is 1.95 bits per heavy atom. The summed E-state index contributed by atoms with van der Waals surface area (Å²) in [5.41, 5.74) is 5.69. The molecule has 0 radical (unpaired) electrons. The standard InChI is InChI=1S/C12H23N3O4/c1-6(2)9(13)11(18)15-10(7(3)4)12(19)14-5-8(16)17/h6-7,9-10H,5,13H2,1-4H3,(H,14,19)(H,15,18)(H,16,17)/t9-,10-/m0/s1. The number of nitrogens with two attached hydrogens (primary N) is 1. The van der Waals surface area contributed by atoms with Gasteiger partial charge in [0, 0.05) is 0 Å². The van der Waals surface area contributed by atoms with Gasteiger partial charge < -0.3 is 21.5 Å². The molecule has 0 aliphatic carbocycles. The molecule has 7 heteroatoms. The van der Waals surface area contributed by atoms with E-state index in [0.29, 0.717) is 0 Å². The molecule has 2 atom stereocenters. The predicted molar refractivity (Wildman–Crippen MR) is 70.2 cm³/mol. The van der Waals surface area contributed by atoms with Gasteiger partial charge in [-0.25, -0.2) is 0 Å². The van der Waals surface area contributed by atoms with Crippen LogP contribution in [0.4, 0.5) is 0 Å². The largest absolute Gasteiger partial charge is 0.480 e. The molecule has 19 heavy (non-hydrogen) atoms. The molecule has 5 N–H and O–H groups in total. The topological polar surface area (TPSA) is 122 Å². The molecule has 0 saturated heterocycles. The van der Waals surface area contributed by atoms with Crippen LogP contribution < -0.4 is 16.4 Å². The van der Waals surface area contributed by atoms with Crippen molar-refractivity contribution in [2.45, 2.75) is 39.8 Å². The minimum atomic E-state index is -1.14. The van der Waals surface area contributed by atoms with Crippen LogP contribution in [0.1, 0.15) is 27.7 Å². The van der Waals surface area contributed by atoms with Crippen LogP contribution in [0.5, 0.6) is 0 Å². The first-order chi connectivity index (χ1) is 8.66. The molecule has 0 heterocycles. The van der Waals surface area contributed by atoms with Crippen molar-refractivity contribution >= 4 is 17.8 Å². The number of carboxylic acid groups (broad SMARTS) is 1. The van der Waals surface area contributed by atoms with Gasteiger partial charge in [-0.2, -0.15) is 0 Å². The lowest BCUT2D eigenvalue weighted by Gasteiger charge is -2.24. The number of aliphatic carboxylic acids is 1. The van der Waals surface area contributed by atoms with Crippen LogP contribution in [0.25, 0.3) is 0 Å². The third-order valence-corrected chi connectivity index (χ3v) is 2.68. The van der Waals surface area contributed by atoms with Crippen molar-refractivity contribution in [1.82, 2.24) is 10.6 Å². The SMILES string of the molecule is CC(C)[C@H](N)C(=O)N[C@H](C(=O)NCC(=O)O)C(C)C. The van der Waals surface area contributed by atoms with Gasteiger partial charge in [0.15, 0.2) is 0 Å². The van der Waals surface area contributed by atoms with Gasteiger partial charge in [-0.05, 0) is 11.8 Å². The van der Waals surface area contributed by atoms with Gasteiger partial charge in [-0.1, -0.05) is 27.7 Å². The van der Waals surface area contributed by atoms with E-state index in [9.17, 15) is 14.4 Å². The summed E-state index contributed by atoms with van der Waals surface area (Å²) in [5, 5.41) is 13.3. The van der Waals surface area contributed by atoms with Crippen molar-refractivity contribution in [2.75, 3.05) is 6.54 Å². The first-order valence-corrected chi connectivity index (χ1v) is 6.22. The van der Waals surface area contributed by atoms with Gasteiger partial charge in [0.1, 0.15) is 12.6 Å². The fraction of sp³-hybridized carbons (Fsp3) is 0.750. The summed E-state index contributed by atoms with van der Waals surface area (Å²) in [7, 11) is 0. The first kappa shape index (κ1) is 17.4. The zero-order valence-electron chi connectivity index (χ0n) is 11.8. The maximum atomic E-state index is 11.8. The average molecular weight is 273 g/mol. The normalized spacial score (nSPS) is 14.1. The molecule has 0 unspecified atom stereocenters. The van der Waals surface area contributed by atoms with Crippen molar-refractivity contribution in [3.63, 3.8) is 0 Å². The average Bonchev–Trinajstić information content (AvgIpc) is 2.30. The maximum absolute atomic E-state index is 11.8. The number of carboxylic acids is 1. The van der Waals surface area contributed by atoms with Crippen molar-refractivity contribution in [3.8, 4) is 0 Å². The van der Waals surface area contributed by atoms with Gasteiger partial charge in [-0.3, -0.25) is 14.4 Å². The van der Waals surface area contributed by atoms with E-state index < -0.39 is 36.4 Å². The number of nitrogens with one attached hydrogen (secondary N) is 2. The number of hydrogen-bond acceptors (Lipinski definition) is 4. The molecular formula is C12H23N3O4. The third kappa shape index (κ3) is 6.19. The highest BCUT2D eigenvalue weighted by Gasteiger charge is 2.27. The molecule has 110 valence electrons. The third-order valence-electron chi connectivity index (χ3n) is 2.68. The van der Waals surface area contributed by atoms with Crippen molar-refractivity contribution < 1.29 is 19.5 Å². The lowest BCUT2D eigenvalue weighted by atomic mass is 10.0. The number of amides is 2. The Labute approximate surface area is 112 Å². The second kappa shape index (κ2) is 7.73. The van der Waals surface area contributed by atoms with Crippen LogP contribution >= 0.6 is 0 Å². The Hall–Kier alpha value is -1.63. The minimum absolute atomic E-state index is 0.0464. The smallest absolute Gasteiger partial charge is 0.322 e. The van der Waals surface area contributed by atoms with Crippen molar-refractivity contribution in [3.05, 3.63) is 0 Å². The highest BCUT2D eigenvalue weighted by Crippen LogP contribution is 2.04. The van der Waals surface area contributed by atoms with Crippen LogP contribution in [-0.2, 0) is 14.4 Å². The Balaban J connectivity index is 4.61. The van der Waals surface area contributed by atoms with E-state index >= 15 is 0 Å². The molecule has 0 bridgehead atoms. The van der Waals surface area contributed by atoms with Gasteiger partial charge in [0.25, 0.3) is 0 Å².